The van der Waals surface area contributed by atoms with Gasteiger partial charge in [-0.3, -0.25) is 4.79 Å². The fourth-order valence-corrected chi connectivity index (χ4v) is 2.24. The number of hydrogen-bond donors (Lipinski definition) is 2. The highest BCUT2D eigenvalue weighted by Crippen LogP contribution is 2.14. The zero-order valence-electron chi connectivity index (χ0n) is 9.57. The topological polar surface area (TPSA) is 41.1 Å². The Morgan fingerprint density at radius 1 is 1.29 bits per heavy atom. The fourth-order valence-electron chi connectivity index (χ4n) is 1.57. The lowest BCUT2D eigenvalue weighted by Crippen LogP contribution is -2.23. The van der Waals surface area contributed by atoms with Gasteiger partial charge in [-0.25, -0.2) is 0 Å². The summed E-state index contributed by atoms with van der Waals surface area (Å²) >= 11 is 1.63. The van der Waals surface area contributed by atoms with Gasteiger partial charge in [0.15, 0.2) is 0 Å². The summed E-state index contributed by atoms with van der Waals surface area (Å²) in [7, 11) is 1.81. The maximum atomic E-state index is 12.0. The SMILES string of the molecule is CNc1ccccc1C(=O)NCc1ccsc1. The molecule has 1 aromatic heterocycles. The zero-order valence-corrected chi connectivity index (χ0v) is 10.4. The molecule has 2 N–H and O–H groups in total. The number of rotatable bonds is 4. The molecule has 2 aromatic rings. The molecule has 0 fully saturated rings. The van der Waals surface area contributed by atoms with Crippen molar-refractivity contribution in [2.75, 3.05) is 12.4 Å². The van der Waals surface area contributed by atoms with E-state index in [0.717, 1.165) is 11.3 Å². The lowest BCUT2D eigenvalue weighted by Gasteiger charge is -2.08. The molecule has 1 heterocycles. The van der Waals surface area contributed by atoms with Crippen LogP contribution in [0.25, 0.3) is 0 Å². The van der Waals surface area contributed by atoms with Crippen molar-refractivity contribution in [3.8, 4) is 0 Å². The van der Waals surface area contributed by atoms with Crippen LogP contribution < -0.4 is 10.6 Å². The lowest BCUT2D eigenvalue weighted by atomic mass is 10.1. The first kappa shape index (κ1) is 11.7. The quantitative estimate of drug-likeness (QED) is 0.871. The van der Waals surface area contributed by atoms with Gasteiger partial charge in [0.2, 0.25) is 0 Å². The van der Waals surface area contributed by atoms with Crippen LogP contribution in [0.3, 0.4) is 0 Å². The normalized spacial score (nSPS) is 9.94. The molecule has 0 bridgehead atoms. The molecule has 1 amide bonds. The number of anilines is 1. The third-order valence-corrected chi connectivity index (χ3v) is 3.21. The van der Waals surface area contributed by atoms with Crippen molar-refractivity contribution >= 4 is 22.9 Å². The minimum Gasteiger partial charge on any atom is -0.387 e. The van der Waals surface area contributed by atoms with Gasteiger partial charge in [0.25, 0.3) is 5.91 Å². The minimum atomic E-state index is -0.0545. The molecule has 0 aliphatic heterocycles. The van der Waals surface area contributed by atoms with Gasteiger partial charge in [-0.2, -0.15) is 11.3 Å². The highest BCUT2D eigenvalue weighted by molar-refractivity contribution is 7.07. The summed E-state index contributed by atoms with van der Waals surface area (Å²) in [4.78, 5) is 12.0. The fraction of sp³-hybridized carbons (Fsp3) is 0.154. The van der Waals surface area contributed by atoms with Gasteiger partial charge in [-0.1, -0.05) is 12.1 Å². The van der Waals surface area contributed by atoms with Gasteiger partial charge in [0.1, 0.15) is 0 Å². The highest BCUT2D eigenvalue weighted by Gasteiger charge is 2.09. The summed E-state index contributed by atoms with van der Waals surface area (Å²) in [6, 6.07) is 9.48. The average molecular weight is 246 g/mol. The Balaban J connectivity index is 2.04. The molecule has 0 spiro atoms. The second-order valence-electron chi connectivity index (χ2n) is 3.61. The van der Waals surface area contributed by atoms with E-state index in [1.54, 1.807) is 11.3 Å². The van der Waals surface area contributed by atoms with E-state index in [1.807, 2.05) is 48.1 Å². The lowest BCUT2D eigenvalue weighted by molar-refractivity contribution is 0.0952. The number of nitrogens with one attached hydrogen (secondary N) is 2. The number of amides is 1. The predicted octanol–water partition coefficient (Wildman–Crippen LogP) is 2.72. The largest absolute Gasteiger partial charge is 0.387 e. The summed E-state index contributed by atoms with van der Waals surface area (Å²) < 4.78 is 0. The van der Waals surface area contributed by atoms with Crippen LogP contribution in [-0.4, -0.2) is 13.0 Å². The zero-order chi connectivity index (χ0) is 12.1. The highest BCUT2D eigenvalue weighted by atomic mass is 32.1. The van der Waals surface area contributed by atoms with Crippen LogP contribution >= 0.6 is 11.3 Å². The number of hydrogen-bond acceptors (Lipinski definition) is 3. The summed E-state index contributed by atoms with van der Waals surface area (Å²) in [6.45, 7) is 0.570. The Morgan fingerprint density at radius 3 is 2.82 bits per heavy atom. The van der Waals surface area contributed by atoms with Gasteiger partial charge >= 0.3 is 0 Å². The maximum Gasteiger partial charge on any atom is 0.253 e. The van der Waals surface area contributed by atoms with E-state index in [-0.39, 0.29) is 5.91 Å². The molecular formula is C13H14N2OS. The predicted molar refractivity (Wildman–Crippen MR) is 71.5 cm³/mol. The molecule has 4 heteroatoms. The molecular weight excluding hydrogens is 232 g/mol. The monoisotopic (exact) mass is 246 g/mol. The second kappa shape index (κ2) is 5.50. The number of thiophene rings is 1. The Labute approximate surface area is 104 Å². The van der Waals surface area contributed by atoms with Crippen molar-refractivity contribution in [2.45, 2.75) is 6.54 Å². The molecule has 0 saturated carbocycles. The van der Waals surface area contributed by atoms with Gasteiger partial charge in [0, 0.05) is 19.3 Å². The van der Waals surface area contributed by atoms with Gasteiger partial charge in [-0.15, -0.1) is 0 Å². The van der Waals surface area contributed by atoms with Crippen molar-refractivity contribution in [1.82, 2.24) is 5.32 Å². The molecule has 1 aromatic carbocycles. The van der Waals surface area contributed by atoms with E-state index in [0.29, 0.717) is 12.1 Å². The third kappa shape index (κ3) is 2.85. The van der Waals surface area contributed by atoms with Crippen LogP contribution in [0.5, 0.6) is 0 Å². The van der Waals surface area contributed by atoms with E-state index in [9.17, 15) is 4.79 Å². The van der Waals surface area contributed by atoms with Crippen LogP contribution in [0.1, 0.15) is 15.9 Å². The molecule has 3 nitrogen and oxygen atoms in total. The van der Waals surface area contributed by atoms with Crippen LogP contribution in [0.2, 0.25) is 0 Å². The molecule has 0 unspecified atom stereocenters. The Hall–Kier alpha value is -1.81. The summed E-state index contributed by atoms with van der Waals surface area (Å²) in [5.41, 5.74) is 2.64. The van der Waals surface area contributed by atoms with Crippen molar-refractivity contribution in [2.24, 2.45) is 0 Å². The number of carbonyl (C=O) groups excluding carboxylic acids is 1. The number of carbonyl (C=O) groups is 1. The van der Waals surface area contributed by atoms with Crippen molar-refractivity contribution < 1.29 is 4.79 Å². The molecule has 0 atom stereocenters. The first-order chi connectivity index (χ1) is 8.31. The molecule has 17 heavy (non-hydrogen) atoms. The summed E-state index contributed by atoms with van der Waals surface area (Å²) in [6.07, 6.45) is 0. The van der Waals surface area contributed by atoms with Crippen LogP contribution in [0.15, 0.2) is 41.1 Å². The molecule has 0 saturated heterocycles. The Bertz CT molecular complexity index is 494. The average Bonchev–Trinajstić information content (AvgIpc) is 2.89. The molecule has 0 radical (unpaired) electrons. The number of benzene rings is 1. The standard InChI is InChI=1S/C13H14N2OS/c1-14-12-5-3-2-4-11(12)13(16)15-8-10-6-7-17-9-10/h2-7,9,14H,8H2,1H3,(H,15,16). The van der Waals surface area contributed by atoms with E-state index in [4.69, 9.17) is 0 Å². The van der Waals surface area contributed by atoms with E-state index in [2.05, 4.69) is 10.6 Å². The first-order valence-electron chi connectivity index (χ1n) is 5.37. The van der Waals surface area contributed by atoms with Crippen LogP contribution in [0, 0.1) is 0 Å². The first-order valence-corrected chi connectivity index (χ1v) is 6.31. The van der Waals surface area contributed by atoms with Crippen molar-refractivity contribution in [1.29, 1.82) is 0 Å². The van der Waals surface area contributed by atoms with Crippen molar-refractivity contribution in [3.63, 3.8) is 0 Å². The summed E-state index contributed by atoms with van der Waals surface area (Å²) in [5, 5.41) is 9.95. The van der Waals surface area contributed by atoms with Gasteiger partial charge in [-0.05, 0) is 34.5 Å². The minimum absolute atomic E-state index is 0.0545. The van der Waals surface area contributed by atoms with Gasteiger partial charge < -0.3 is 10.6 Å². The van der Waals surface area contributed by atoms with Crippen molar-refractivity contribution in [3.05, 3.63) is 52.2 Å². The van der Waals surface area contributed by atoms with E-state index < -0.39 is 0 Å². The van der Waals surface area contributed by atoms with Gasteiger partial charge in [0.05, 0.1) is 5.56 Å². The maximum absolute atomic E-state index is 12.0. The van der Waals surface area contributed by atoms with E-state index in [1.165, 1.54) is 0 Å². The van der Waals surface area contributed by atoms with Crippen LogP contribution in [0.4, 0.5) is 5.69 Å². The second-order valence-corrected chi connectivity index (χ2v) is 4.39. The third-order valence-electron chi connectivity index (χ3n) is 2.47. The molecule has 0 aliphatic carbocycles. The van der Waals surface area contributed by atoms with E-state index >= 15 is 0 Å². The molecule has 88 valence electrons. The molecule has 2 rings (SSSR count). The van der Waals surface area contributed by atoms with Crippen LogP contribution in [-0.2, 0) is 6.54 Å². The Kier molecular flexibility index (Phi) is 3.77. The number of para-hydroxylation sites is 1. The Morgan fingerprint density at radius 2 is 2.12 bits per heavy atom. The summed E-state index contributed by atoms with van der Waals surface area (Å²) in [5.74, 6) is -0.0545. The smallest absolute Gasteiger partial charge is 0.253 e. The molecule has 0 aliphatic rings.